The Bertz CT molecular complexity index is 331. The summed E-state index contributed by atoms with van der Waals surface area (Å²) in [6.07, 6.45) is 0. The van der Waals surface area contributed by atoms with Gasteiger partial charge in [0.25, 0.3) is 0 Å². The molecule has 0 radical (unpaired) electrons. The summed E-state index contributed by atoms with van der Waals surface area (Å²) in [7, 11) is 0. The minimum atomic E-state index is 0.345. The van der Waals surface area contributed by atoms with Crippen LogP contribution in [0, 0.1) is 5.92 Å². The maximum absolute atomic E-state index is 5.86. The fourth-order valence-electron chi connectivity index (χ4n) is 1.56. The van der Waals surface area contributed by atoms with E-state index in [1.54, 1.807) is 0 Å². The first-order valence-electron chi connectivity index (χ1n) is 5.95. The van der Waals surface area contributed by atoms with E-state index in [4.69, 9.17) is 22.1 Å². The maximum atomic E-state index is 5.86. The van der Waals surface area contributed by atoms with Crippen LogP contribution in [0.2, 0.25) is 5.02 Å². The molecule has 0 bridgehead atoms. The van der Waals surface area contributed by atoms with Gasteiger partial charge in [-0.05, 0) is 24.1 Å². The van der Waals surface area contributed by atoms with Crippen molar-refractivity contribution in [2.45, 2.75) is 19.9 Å². The molecule has 3 nitrogen and oxygen atoms in total. The minimum Gasteiger partial charge on any atom is -0.492 e. The lowest BCUT2D eigenvalue weighted by atomic mass is 10.1. The normalized spacial score (nSPS) is 12.8. The van der Waals surface area contributed by atoms with Crippen molar-refractivity contribution in [1.29, 1.82) is 0 Å². The van der Waals surface area contributed by atoms with Gasteiger partial charge in [-0.15, -0.1) is 0 Å². The Morgan fingerprint density at radius 3 is 2.76 bits per heavy atom. The van der Waals surface area contributed by atoms with Crippen molar-refractivity contribution in [3.8, 4) is 5.75 Å². The summed E-state index contributed by atoms with van der Waals surface area (Å²) in [6, 6.07) is 7.76. The van der Waals surface area contributed by atoms with Crippen LogP contribution in [0.4, 0.5) is 0 Å². The van der Waals surface area contributed by atoms with Gasteiger partial charge in [-0.1, -0.05) is 31.5 Å². The standard InChI is InChI=1S/C13H21ClN2O/c1-10(2)13(9-15)16-6-7-17-12-5-3-4-11(14)8-12/h3-5,8,10,13,16H,6-7,9,15H2,1-2H3. The van der Waals surface area contributed by atoms with Crippen LogP contribution < -0.4 is 15.8 Å². The molecule has 4 heteroatoms. The van der Waals surface area contributed by atoms with E-state index >= 15 is 0 Å². The molecule has 0 saturated carbocycles. The van der Waals surface area contributed by atoms with Crippen molar-refractivity contribution in [1.82, 2.24) is 5.32 Å². The van der Waals surface area contributed by atoms with Crippen LogP contribution in [0.3, 0.4) is 0 Å². The van der Waals surface area contributed by atoms with Crippen LogP contribution >= 0.6 is 11.6 Å². The molecule has 0 saturated heterocycles. The number of benzene rings is 1. The van der Waals surface area contributed by atoms with E-state index < -0.39 is 0 Å². The summed E-state index contributed by atoms with van der Waals surface area (Å²) >= 11 is 5.86. The third-order valence-electron chi connectivity index (χ3n) is 2.63. The van der Waals surface area contributed by atoms with Gasteiger partial charge < -0.3 is 15.8 Å². The smallest absolute Gasteiger partial charge is 0.120 e. The number of nitrogens with one attached hydrogen (secondary N) is 1. The molecule has 1 rings (SSSR count). The number of hydrogen-bond acceptors (Lipinski definition) is 3. The second-order valence-electron chi connectivity index (χ2n) is 4.35. The Kier molecular flexibility index (Phi) is 6.34. The summed E-state index contributed by atoms with van der Waals surface area (Å²) in [4.78, 5) is 0. The van der Waals surface area contributed by atoms with Crippen LogP contribution in [0.15, 0.2) is 24.3 Å². The first-order chi connectivity index (χ1) is 8.13. The summed E-state index contributed by atoms with van der Waals surface area (Å²) in [5.41, 5.74) is 5.67. The highest BCUT2D eigenvalue weighted by Gasteiger charge is 2.09. The Morgan fingerprint density at radius 1 is 1.41 bits per heavy atom. The molecular weight excluding hydrogens is 236 g/mol. The predicted octanol–water partition coefficient (Wildman–Crippen LogP) is 2.29. The fraction of sp³-hybridized carbons (Fsp3) is 0.538. The van der Waals surface area contributed by atoms with Crippen LogP contribution in [-0.2, 0) is 0 Å². The SMILES string of the molecule is CC(C)C(CN)NCCOc1cccc(Cl)c1. The van der Waals surface area contributed by atoms with Gasteiger partial charge in [0.05, 0.1) is 0 Å². The molecule has 1 atom stereocenters. The molecule has 3 N–H and O–H groups in total. The van der Waals surface area contributed by atoms with Crippen LogP contribution in [0.1, 0.15) is 13.8 Å². The highest BCUT2D eigenvalue weighted by molar-refractivity contribution is 6.30. The van der Waals surface area contributed by atoms with Crippen LogP contribution in [0.5, 0.6) is 5.75 Å². The van der Waals surface area contributed by atoms with Crippen LogP contribution in [0.25, 0.3) is 0 Å². The largest absolute Gasteiger partial charge is 0.492 e. The second-order valence-corrected chi connectivity index (χ2v) is 4.78. The molecular formula is C13H21ClN2O. The minimum absolute atomic E-state index is 0.345. The molecule has 0 aromatic heterocycles. The molecule has 17 heavy (non-hydrogen) atoms. The van der Waals surface area contributed by atoms with E-state index in [9.17, 15) is 0 Å². The van der Waals surface area contributed by atoms with E-state index in [1.165, 1.54) is 0 Å². The van der Waals surface area contributed by atoms with Gasteiger partial charge in [0.1, 0.15) is 12.4 Å². The average molecular weight is 257 g/mol. The number of rotatable bonds is 7. The molecule has 0 aliphatic heterocycles. The second kappa shape index (κ2) is 7.54. The molecule has 1 unspecified atom stereocenters. The van der Waals surface area contributed by atoms with Crippen molar-refractivity contribution < 1.29 is 4.74 Å². The third kappa shape index (κ3) is 5.39. The lowest BCUT2D eigenvalue weighted by Gasteiger charge is -2.20. The van der Waals surface area contributed by atoms with Crippen LogP contribution in [-0.4, -0.2) is 25.7 Å². The molecule has 0 aliphatic rings. The monoisotopic (exact) mass is 256 g/mol. The number of nitrogens with two attached hydrogens (primary N) is 1. The summed E-state index contributed by atoms with van der Waals surface area (Å²) < 4.78 is 5.57. The van der Waals surface area contributed by atoms with E-state index in [-0.39, 0.29) is 0 Å². The number of hydrogen-bond donors (Lipinski definition) is 2. The average Bonchev–Trinajstić information content (AvgIpc) is 2.28. The predicted molar refractivity (Wildman–Crippen MR) is 72.6 cm³/mol. The molecule has 96 valence electrons. The zero-order valence-corrected chi connectivity index (χ0v) is 11.2. The van der Waals surface area contributed by atoms with Gasteiger partial charge in [0.15, 0.2) is 0 Å². The fourth-order valence-corrected chi connectivity index (χ4v) is 1.74. The van der Waals surface area contributed by atoms with Crippen molar-refractivity contribution in [2.75, 3.05) is 19.7 Å². The van der Waals surface area contributed by atoms with Gasteiger partial charge in [-0.2, -0.15) is 0 Å². The third-order valence-corrected chi connectivity index (χ3v) is 2.87. The zero-order valence-electron chi connectivity index (χ0n) is 10.4. The zero-order chi connectivity index (χ0) is 12.7. The van der Waals surface area contributed by atoms with Crippen molar-refractivity contribution >= 4 is 11.6 Å². The number of halogens is 1. The molecule has 1 aromatic rings. The summed E-state index contributed by atoms with van der Waals surface area (Å²) in [5, 5.41) is 4.06. The van der Waals surface area contributed by atoms with Gasteiger partial charge in [-0.3, -0.25) is 0 Å². The number of ether oxygens (including phenoxy) is 1. The van der Waals surface area contributed by atoms with E-state index in [1.807, 2.05) is 24.3 Å². The van der Waals surface area contributed by atoms with Gasteiger partial charge in [0, 0.05) is 24.2 Å². The van der Waals surface area contributed by atoms with Gasteiger partial charge in [-0.25, -0.2) is 0 Å². The van der Waals surface area contributed by atoms with E-state index in [0.29, 0.717) is 30.1 Å². The first-order valence-corrected chi connectivity index (χ1v) is 6.33. The molecule has 0 fully saturated rings. The van der Waals surface area contributed by atoms with E-state index in [0.717, 1.165) is 12.3 Å². The van der Waals surface area contributed by atoms with Crippen molar-refractivity contribution in [3.05, 3.63) is 29.3 Å². The highest BCUT2D eigenvalue weighted by atomic mass is 35.5. The van der Waals surface area contributed by atoms with Gasteiger partial charge >= 0.3 is 0 Å². The quantitative estimate of drug-likeness (QED) is 0.736. The van der Waals surface area contributed by atoms with Crippen molar-refractivity contribution in [2.24, 2.45) is 11.7 Å². The Balaban J connectivity index is 2.24. The van der Waals surface area contributed by atoms with E-state index in [2.05, 4.69) is 19.2 Å². The molecule has 0 heterocycles. The lowest BCUT2D eigenvalue weighted by molar-refractivity contribution is 0.293. The molecule has 1 aromatic carbocycles. The molecule has 0 spiro atoms. The Labute approximate surface area is 108 Å². The molecule has 0 amide bonds. The Morgan fingerprint density at radius 2 is 2.18 bits per heavy atom. The summed E-state index contributed by atoms with van der Waals surface area (Å²) in [6.45, 7) is 6.36. The lowest BCUT2D eigenvalue weighted by Crippen LogP contribution is -2.42. The van der Waals surface area contributed by atoms with Gasteiger partial charge in [0.2, 0.25) is 0 Å². The topological polar surface area (TPSA) is 47.3 Å². The Hall–Kier alpha value is -0.770. The highest BCUT2D eigenvalue weighted by Crippen LogP contribution is 2.16. The molecule has 0 aliphatic carbocycles. The van der Waals surface area contributed by atoms with Crippen molar-refractivity contribution in [3.63, 3.8) is 0 Å². The first kappa shape index (κ1) is 14.3. The maximum Gasteiger partial charge on any atom is 0.120 e. The summed E-state index contributed by atoms with van der Waals surface area (Å²) in [5.74, 6) is 1.33.